The molecule has 4 heteroatoms. The fourth-order valence-corrected chi connectivity index (χ4v) is 1.93. The molecule has 0 spiro atoms. The minimum Gasteiger partial charge on any atom is -0.396 e. The molecule has 0 aliphatic carbocycles. The van der Waals surface area contributed by atoms with E-state index in [1.54, 1.807) is 12.1 Å². The summed E-state index contributed by atoms with van der Waals surface area (Å²) in [6.07, 6.45) is 1.36. The molecule has 1 rings (SSSR count). The van der Waals surface area contributed by atoms with Gasteiger partial charge in [-0.3, -0.25) is 0 Å². The predicted octanol–water partition coefficient (Wildman–Crippen LogP) is 2.85. The van der Waals surface area contributed by atoms with E-state index in [1.165, 1.54) is 6.07 Å². The molecule has 0 amide bonds. The van der Waals surface area contributed by atoms with E-state index < -0.39 is 0 Å². The van der Waals surface area contributed by atoms with Gasteiger partial charge in [0.05, 0.1) is 0 Å². The van der Waals surface area contributed by atoms with Gasteiger partial charge in [0, 0.05) is 23.2 Å². The van der Waals surface area contributed by atoms with Crippen LogP contribution < -0.4 is 0 Å². The number of nitrogens with zero attached hydrogens (tertiary/aromatic N) is 1. The molecule has 1 aromatic carbocycles. The van der Waals surface area contributed by atoms with E-state index in [0.29, 0.717) is 23.4 Å². The smallest absolute Gasteiger partial charge is 0.128 e. The van der Waals surface area contributed by atoms with Gasteiger partial charge in [0.1, 0.15) is 5.82 Å². The second-order valence-electron chi connectivity index (χ2n) is 4.01. The molecule has 0 bridgehead atoms. The molecule has 90 valence electrons. The Morgan fingerprint density at radius 3 is 2.69 bits per heavy atom. The summed E-state index contributed by atoms with van der Waals surface area (Å²) in [4.78, 5) is 1.93. The highest BCUT2D eigenvalue weighted by molar-refractivity contribution is 6.30. The fourth-order valence-electron chi connectivity index (χ4n) is 1.75. The molecule has 0 saturated carbocycles. The molecule has 0 aliphatic rings. The molecule has 1 aromatic rings. The molecule has 0 fully saturated rings. The molecule has 0 saturated heterocycles. The van der Waals surface area contributed by atoms with Gasteiger partial charge in [0.2, 0.25) is 0 Å². The lowest BCUT2D eigenvalue weighted by Gasteiger charge is -2.25. The van der Waals surface area contributed by atoms with Gasteiger partial charge in [-0.1, -0.05) is 11.6 Å². The topological polar surface area (TPSA) is 23.5 Å². The molecule has 0 heterocycles. The van der Waals surface area contributed by atoms with E-state index in [9.17, 15) is 4.39 Å². The molecule has 0 radical (unpaired) electrons. The van der Waals surface area contributed by atoms with Crippen molar-refractivity contribution < 1.29 is 9.50 Å². The average molecular weight is 246 g/mol. The SMILES string of the molecule is CN(C)C(CCCO)c1cc(Cl)ccc1F. The summed E-state index contributed by atoms with van der Waals surface area (Å²) in [6, 6.07) is 4.52. The predicted molar refractivity (Wildman–Crippen MR) is 64.2 cm³/mol. The second kappa shape index (κ2) is 6.18. The lowest BCUT2D eigenvalue weighted by molar-refractivity contribution is 0.232. The quantitative estimate of drug-likeness (QED) is 0.862. The number of hydrogen-bond acceptors (Lipinski definition) is 2. The van der Waals surface area contributed by atoms with Gasteiger partial charge in [-0.2, -0.15) is 0 Å². The third-order valence-electron chi connectivity index (χ3n) is 2.58. The Balaban J connectivity index is 2.95. The molecule has 2 nitrogen and oxygen atoms in total. The third-order valence-corrected chi connectivity index (χ3v) is 2.81. The Labute approximate surface area is 101 Å². The highest BCUT2D eigenvalue weighted by atomic mass is 35.5. The number of rotatable bonds is 5. The van der Waals surface area contributed by atoms with Crippen LogP contribution >= 0.6 is 11.6 Å². The van der Waals surface area contributed by atoms with E-state index in [2.05, 4.69) is 0 Å². The van der Waals surface area contributed by atoms with Crippen LogP contribution in [-0.4, -0.2) is 30.7 Å². The zero-order chi connectivity index (χ0) is 12.1. The summed E-state index contributed by atoms with van der Waals surface area (Å²) in [5.41, 5.74) is 0.589. The average Bonchev–Trinajstić information content (AvgIpc) is 2.23. The van der Waals surface area contributed by atoms with Gasteiger partial charge < -0.3 is 10.0 Å². The maximum Gasteiger partial charge on any atom is 0.128 e. The van der Waals surface area contributed by atoms with Crippen LogP contribution in [0.3, 0.4) is 0 Å². The number of aliphatic hydroxyl groups excluding tert-OH is 1. The standard InChI is InChI=1S/C12H17ClFNO/c1-15(2)12(4-3-7-16)10-8-9(13)5-6-11(10)14/h5-6,8,12,16H,3-4,7H2,1-2H3. The number of benzene rings is 1. The van der Waals surface area contributed by atoms with E-state index >= 15 is 0 Å². The lowest BCUT2D eigenvalue weighted by atomic mass is 10.0. The van der Waals surface area contributed by atoms with Crippen LogP contribution in [0.15, 0.2) is 18.2 Å². The van der Waals surface area contributed by atoms with E-state index in [0.717, 1.165) is 0 Å². The molecule has 1 unspecified atom stereocenters. The Hall–Kier alpha value is -0.640. The summed E-state index contributed by atoms with van der Waals surface area (Å²) in [7, 11) is 3.78. The van der Waals surface area contributed by atoms with Crippen molar-refractivity contribution in [3.05, 3.63) is 34.6 Å². The molecule has 0 aliphatic heterocycles. The maximum atomic E-state index is 13.7. The van der Waals surface area contributed by atoms with Crippen LogP contribution in [0, 0.1) is 5.82 Å². The molecule has 0 aromatic heterocycles. The Morgan fingerprint density at radius 2 is 2.12 bits per heavy atom. The molecular formula is C12H17ClFNO. The van der Waals surface area contributed by atoms with Crippen LogP contribution in [0.5, 0.6) is 0 Å². The highest BCUT2D eigenvalue weighted by Crippen LogP contribution is 2.28. The minimum atomic E-state index is -0.249. The van der Waals surface area contributed by atoms with Crippen molar-refractivity contribution in [1.29, 1.82) is 0 Å². The van der Waals surface area contributed by atoms with Gasteiger partial charge in [0.15, 0.2) is 0 Å². The van der Waals surface area contributed by atoms with Crippen molar-refractivity contribution in [2.24, 2.45) is 0 Å². The summed E-state index contributed by atoms with van der Waals surface area (Å²) in [6.45, 7) is 0.118. The molecule has 1 N–H and O–H groups in total. The van der Waals surface area contributed by atoms with Crippen molar-refractivity contribution >= 4 is 11.6 Å². The van der Waals surface area contributed by atoms with E-state index in [-0.39, 0.29) is 18.5 Å². The van der Waals surface area contributed by atoms with Crippen molar-refractivity contribution in [2.45, 2.75) is 18.9 Å². The van der Waals surface area contributed by atoms with Crippen molar-refractivity contribution in [3.8, 4) is 0 Å². The van der Waals surface area contributed by atoms with E-state index in [4.69, 9.17) is 16.7 Å². The largest absolute Gasteiger partial charge is 0.396 e. The Bertz CT molecular complexity index is 344. The number of hydrogen-bond donors (Lipinski definition) is 1. The van der Waals surface area contributed by atoms with Crippen LogP contribution in [0.4, 0.5) is 4.39 Å². The minimum absolute atomic E-state index is 0.0501. The maximum absolute atomic E-state index is 13.7. The third kappa shape index (κ3) is 3.44. The summed E-state index contributed by atoms with van der Waals surface area (Å²) in [5.74, 6) is -0.249. The van der Waals surface area contributed by atoms with E-state index in [1.807, 2.05) is 19.0 Å². The number of aliphatic hydroxyl groups is 1. The monoisotopic (exact) mass is 245 g/mol. The Kier molecular flexibility index (Phi) is 5.19. The first-order valence-corrected chi connectivity index (χ1v) is 5.66. The van der Waals surface area contributed by atoms with Crippen molar-refractivity contribution in [2.75, 3.05) is 20.7 Å². The van der Waals surface area contributed by atoms with Gasteiger partial charge in [0.25, 0.3) is 0 Å². The zero-order valence-electron chi connectivity index (χ0n) is 9.58. The van der Waals surface area contributed by atoms with Gasteiger partial charge >= 0.3 is 0 Å². The van der Waals surface area contributed by atoms with Crippen molar-refractivity contribution in [3.63, 3.8) is 0 Å². The second-order valence-corrected chi connectivity index (χ2v) is 4.45. The molecular weight excluding hydrogens is 229 g/mol. The first-order valence-electron chi connectivity index (χ1n) is 5.28. The summed E-state index contributed by atoms with van der Waals surface area (Å²) in [5, 5.41) is 9.36. The first-order chi connectivity index (χ1) is 7.56. The van der Waals surface area contributed by atoms with Crippen LogP contribution in [0.1, 0.15) is 24.4 Å². The van der Waals surface area contributed by atoms with Gasteiger partial charge in [-0.25, -0.2) is 4.39 Å². The lowest BCUT2D eigenvalue weighted by Crippen LogP contribution is -2.21. The molecule has 1 atom stereocenters. The summed E-state index contributed by atoms with van der Waals surface area (Å²) >= 11 is 5.87. The van der Waals surface area contributed by atoms with Crippen LogP contribution in [-0.2, 0) is 0 Å². The zero-order valence-corrected chi connectivity index (χ0v) is 10.3. The number of halogens is 2. The first kappa shape index (κ1) is 13.4. The summed E-state index contributed by atoms with van der Waals surface area (Å²) < 4.78 is 13.7. The van der Waals surface area contributed by atoms with Gasteiger partial charge in [-0.15, -0.1) is 0 Å². The molecule has 16 heavy (non-hydrogen) atoms. The highest BCUT2D eigenvalue weighted by Gasteiger charge is 2.17. The van der Waals surface area contributed by atoms with Crippen LogP contribution in [0.25, 0.3) is 0 Å². The van der Waals surface area contributed by atoms with Gasteiger partial charge in [-0.05, 0) is 45.1 Å². The fraction of sp³-hybridized carbons (Fsp3) is 0.500. The van der Waals surface area contributed by atoms with Crippen LogP contribution in [0.2, 0.25) is 5.02 Å². The normalized spacial score (nSPS) is 13.1. The van der Waals surface area contributed by atoms with Crippen molar-refractivity contribution in [1.82, 2.24) is 4.90 Å². The Morgan fingerprint density at radius 1 is 1.44 bits per heavy atom.